The van der Waals surface area contributed by atoms with Gasteiger partial charge in [-0.3, -0.25) is 9.69 Å². The van der Waals surface area contributed by atoms with E-state index in [9.17, 15) is 4.79 Å². The van der Waals surface area contributed by atoms with Gasteiger partial charge >= 0.3 is 0 Å². The molecule has 0 heterocycles. The molecule has 5 nitrogen and oxygen atoms in total. The molecule has 0 saturated heterocycles. The van der Waals surface area contributed by atoms with Crippen LogP contribution < -0.4 is 11.1 Å². The first kappa shape index (κ1) is 13.4. The average molecular weight is 203 g/mol. The van der Waals surface area contributed by atoms with E-state index in [1.54, 1.807) is 14.2 Å². The molecule has 0 radical (unpaired) electrons. The molecule has 0 aliphatic carbocycles. The summed E-state index contributed by atoms with van der Waals surface area (Å²) in [6, 6.07) is -0.222. The van der Waals surface area contributed by atoms with Crippen molar-refractivity contribution in [3.05, 3.63) is 0 Å². The molecule has 2 atom stereocenters. The number of carbonyl (C=O) groups is 1. The van der Waals surface area contributed by atoms with Crippen LogP contribution in [0.3, 0.4) is 0 Å². The molecule has 84 valence electrons. The number of likely N-dealkylation sites (N-methyl/N-ethyl adjacent to an activating group) is 2. The lowest BCUT2D eigenvalue weighted by atomic mass is 10.2. The zero-order valence-electron chi connectivity index (χ0n) is 9.41. The quantitative estimate of drug-likeness (QED) is 0.582. The number of methoxy groups -OCH3 is 1. The van der Waals surface area contributed by atoms with E-state index in [4.69, 9.17) is 10.5 Å². The molecule has 5 heteroatoms. The van der Waals surface area contributed by atoms with Crippen LogP contribution in [0, 0.1) is 0 Å². The lowest BCUT2D eigenvalue weighted by Crippen LogP contribution is -2.47. The van der Waals surface area contributed by atoms with Gasteiger partial charge in [0.2, 0.25) is 5.91 Å². The maximum atomic E-state index is 11.3. The molecule has 0 spiro atoms. The summed E-state index contributed by atoms with van der Waals surface area (Å²) in [5.74, 6) is -0.00267. The van der Waals surface area contributed by atoms with Gasteiger partial charge in [-0.05, 0) is 14.0 Å². The highest BCUT2D eigenvalue weighted by atomic mass is 16.5. The Hall–Kier alpha value is -0.650. The molecule has 0 saturated carbocycles. The first-order valence-electron chi connectivity index (χ1n) is 4.69. The van der Waals surface area contributed by atoms with Gasteiger partial charge in [-0.25, -0.2) is 0 Å². The molecule has 0 aromatic rings. The Labute approximate surface area is 85.6 Å². The lowest BCUT2D eigenvalue weighted by molar-refractivity contribution is -0.125. The van der Waals surface area contributed by atoms with E-state index in [-0.39, 0.29) is 18.0 Å². The van der Waals surface area contributed by atoms with Crippen LogP contribution in [0.25, 0.3) is 0 Å². The van der Waals surface area contributed by atoms with Crippen LogP contribution in [0.15, 0.2) is 0 Å². The molecule has 0 rings (SSSR count). The summed E-state index contributed by atoms with van der Waals surface area (Å²) in [6.45, 7) is 2.99. The molecular weight excluding hydrogens is 182 g/mol. The van der Waals surface area contributed by atoms with Crippen molar-refractivity contribution in [3.8, 4) is 0 Å². The van der Waals surface area contributed by atoms with Crippen molar-refractivity contribution < 1.29 is 9.53 Å². The molecule has 14 heavy (non-hydrogen) atoms. The first-order chi connectivity index (χ1) is 6.52. The van der Waals surface area contributed by atoms with E-state index in [0.29, 0.717) is 13.2 Å². The number of ether oxygens (including phenoxy) is 1. The molecule has 1 amide bonds. The van der Waals surface area contributed by atoms with Crippen LogP contribution in [0.5, 0.6) is 0 Å². The minimum atomic E-state index is -0.164. The van der Waals surface area contributed by atoms with Crippen molar-refractivity contribution in [1.82, 2.24) is 10.2 Å². The highest BCUT2D eigenvalue weighted by Gasteiger charge is 2.18. The largest absolute Gasteiger partial charge is 0.383 e. The van der Waals surface area contributed by atoms with E-state index in [1.807, 2.05) is 18.9 Å². The minimum Gasteiger partial charge on any atom is -0.383 e. The average Bonchev–Trinajstić information content (AvgIpc) is 2.15. The fraction of sp³-hybridized carbons (Fsp3) is 0.889. The molecule has 0 aliphatic heterocycles. The van der Waals surface area contributed by atoms with E-state index >= 15 is 0 Å². The Morgan fingerprint density at radius 2 is 2.21 bits per heavy atom. The van der Waals surface area contributed by atoms with Crippen LogP contribution in [0.4, 0.5) is 0 Å². The highest BCUT2D eigenvalue weighted by Crippen LogP contribution is 1.96. The Kier molecular flexibility index (Phi) is 6.44. The van der Waals surface area contributed by atoms with Gasteiger partial charge in [0.05, 0.1) is 12.6 Å². The topological polar surface area (TPSA) is 67.6 Å². The molecule has 0 bridgehead atoms. The summed E-state index contributed by atoms with van der Waals surface area (Å²) in [6.07, 6.45) is 0. The predicted molar refractivity (Wildman–Crippen MR) is 56.0 cm³/mol. The van der Waals surface area contributed by atoms with Crippen molar-refractivity contribution >= 4 is 5.91 Å². The zero-order chi connectivity index (χ0) is 11.1. The molecule has 0 aromatic carbocycles. The van der Waals surface area contributed by atoms with Crippen LogP contribution >= 0.6 is 0 Å². The number of hydrogen-bond donors (Lipinski definition) is 2. The fourth-order valence-corrected chi connectivity index (χ4v) is 1.20. The van der Waals surface area contributed by atoms with Crippen molar-refractivity contribution in [2.24, 2.45) is 5.73 Å². The number of nitrogens with zero attached hydrogens (tertiary/aromatic N) is 1. The summed E-state index contributed by atoms with van der Waals surface area (Å²) in [5, 5.41) is 2.60. The number of amides is 1. The third-order valence-corrected chi connectivity index (χ3v) is 2.19. The highest BCUT2D eigenvalue weighted by molar-refractivity contribution is 5.80. The number of carbonyl (C=O) groups excluding carboxylic acids is 1. The summed E-state index contributed by atoms with van der Waals surface area (Å²) >= 11 is 0. The van der Waals surface area contributed by atoms with Gasteiger partial charge in [0, 0.05) is 26.7 Å². The maximum Gasteiger partial charge on any atom is 0.236 e. The summed E-state index contributed by atoms with van der Waals surface area (Å²) in [7, 11) is 5.11. The van der Waals surface area contributed by atoms with Crippen LogP contribution in [-0.2, 0) is 9.53 Å². The minimum absolute atomic E-state index is 0.00267. The summed E-state index contributed by atoms with van der Waals surface area (Å²) in [5.41, 5.74) is 5.77. The van der Waals surface area contributed by atoms with Gasteiger partial charge in [0.15, 0.2) is 0 Å². The Balaban J connectivity index is 3.93. The summed E-state index contributed by atoms with van der Waals surface area (Å²) in [4.78, 5) is 13.2. The second-order valence-corrected chi connectivity index (χ2v) is 3.45. The normalized spacial score (nSPS) is 15.3. The number of nitrogens with two attached hydrogens (primary N) is 1. The molecule has 0 aliphatic rings. The van der Waals surface area contributed by atoms with Crippen molar-refractivity contribution in [3.63, 3.8) is 0 Å². The zero-order valence-corrected chi connectivity index (χ0v) is 9.41. The molecule has 0 fully saturated rings. The van der Waals surface area contributed by atoms with Crippen molar-refractivity contribution in [1.29, 1.82) is 0 Å². The molecule has 2 unspecified atom stereocenters. The molecule has 3 N–H and O–H groups in total. The lowest BCUT2D eigenvalue weighted by Gasteiger charge is -2.25. The van der Waals surface area contributed by atoms with Gasteiger partial charge in [-0.1, -0.05) is 0 Å². The van der Waals surface area contributed by atoms with Crippen LogP contribution in [0.1, 0.15) is 6.92 Å². The third kappa shape index (κ3) is 4.55. The van der Waals surface area contributed by atoms with Gasteiger partial charge in [-0.2, -0.15) is 0 Å². The predicted octanol–water partition coefficient (Wildman–Crippen LogP) is -0.974. The SMILES string of the molecule is CNC(=O)C(C)N(C)CC(N)COC. The van der Waals surface area contributed by atoms with Crippen LogP contribution in [0.2, 0.25) is 0 Å². The second kappa shape index (κ2) is 6.75. The Bertz CT molecular complexity index is 175. The van der Waals surface area contributed by atoms with E-state index in [1.165, 1.54) is 0 Å². The van der Waals surface area contributed by atoms with Crippen molar-refractivity contribution in [2.45, 2.75) is 19.0 Å². The Morgan fingerprint density at radius 3 is 2.64 bits per heavy atom. The van der Waals surface area contributed by atoms with Gasteiger partial charge < -0.3 is 15.8 Å². The van der Waals surface area contributed by atoms with Crippen LogP contribution in [-0.4, -0.2) is 57.2 Å². The number of nitrogens with one attached hydrogen (secondary N) is 1. The van der Waals surface area contributed by atoms with Gasteiger partial charge in [-0.15, -0.1) is 0 Å². The first-order valence-corrected chi connectivity index (χ1v) is 4.69. The standard InChI is InChI=1S/C9H21N3O2/c1-7(9(13)11-2)12(3)5-8(10)6-14-4/h7-8H,5-6,10H2,1-4H3,(H,11,13). The monoisotopic (exact) mass is 203 g/mol. The number of rotatable bonds is 6. The molecule has 0 aromatic heterocycles. The van der Waals surface area contributed by atoms with Gasteiger partial charge in [0.25, 0.3) is 0 Å². The number of hydrogen-bond acceptors (Lipinski definition) is 4. The van der Waals surface area contributed by atoms with Gasteiger partial charge in [0.1, 0.15) is 0 Å². The second-order valence-electron chi connectivity index (χ2n) is 3.45. The van der Waals surface area contributed by atoms with Crippen molar-refractivity contribution in [2.75, 3.05) is 34.4 Å². The Morgan fingerprint density at radius 1 is 1.64 bits per heavy atom. The third-order valence-electron chi connectivity index (χ3n) is 2.19. The molecular formula is C9H21N3O2. The van der Waals surface area contributed by atoms with E-state index in [0.717, 1.165) is 0 Å². The van der Waals surface area contributed by atoms with E-state index in [2.05, 4.69) is 5.32 Å². The summed E-state index contributed by atoms with van der Waals surface area (Å²) < 4.78 is 4.92. The smallest absolute Gasteiger partial charge is 0.236 e. The fourth-order valence-electron chi connectivity index (χ4n) is 1.20. The maximum absolute atomic E-state index is 11.3. The van der Waals surface area contributed by atoms with E-state index < -0.39 is 0 Å².